The molecule has 2 aliphatic rings. The summed E-state index contributed by atoms with van der Waals surface area (Å²) < 4.78 is 1.42. The molecule has 19 heavy (non-hydrogen) atoms. The van der Waals surface area contributed by atoms with E-state index in [9.17, 15) is 0 Å². The Hall–Kier alpha value is -0.860. The fourth-order valence-corrected chi connectivity index (χ4v) is 5.61. The van der Waals surface area contributed by atoms with Gasteiger partial charge in [-0.3, -0.25) is 0 Å². The number of hydrogen-bond donors (Lipinski definition) is 1. The second-order valence-corrected chi connectivity index (χ2v) is 7.49. The summed E-state index contributed by atoms with van der Waals surface area (Å²) in [5.74, 6) is 1.86. The number of fused-ring (bicyclic) bond motifs is 3. The summed E-state index contributed by atoms with van der Waals surface area (Å²) in [7, 11) is 0. The lowest BCUT2D eigenvalue weighted by Gasteiger charge is -2.37. The second-order valence-electron chi connectivity index (χ2n) is 6.58. The van der Waals surface area contributed by atoms with Crippen molar-refractivity contribution in [1.82, 2.24) is 0 Å². The Labute approximate surface area is 118 Å². The number of thiophene rings is 1. The van der Waals surface area contributed by atoms with E-state index in [0.717, 1.165) is 18.4 Å². The Morgan fingerprint density at radius 2 is 2.16 bits per heavy atom. The highest BCUT2D eigenvalue weighted by Gasteiger charge is 2.49. The molecule has 1 nitrogen and oxygen atoms in total. The molecule has 2 bridgehead atoms. The lowest BCUT2D eigenvalue weighted by atomic mass is 9.69. The van der Waals surface area contributed by atoms with Gasteiger partial charge in [0, 0.05) is 4.70 Å². The smallest absolute Gasteiger partial charge is 0.0345 e. The summed E-state index contributed by atoms with van der Waals surface area (Å²) in [5, 5.41) is 3.83. The molecule has 0 saturated heterocycles. The summed E-state index contributed by atoms with van der Waals surface area (Å²) in [6.07, 6.45) is 6.90. The maximum absolute atomic E-state index is 6.22. The van der Waals surface area contributed by atoms with Gasteiger partial charge < -0.3 is 5.73 Å². The van der Waals surface area contributed by atoms with Crippen molar-refractivity contribution in [3.05, 3.63) is 35.2 Å². The van der Waals surface area contributed by atoms with Crippen molar-refractivity contribution >= 4 is 21.4 Å². The predicted octanol–water partition coefficient (Wildman–Crippen LogP) is 4.21. The molecule has 2 heteroatoms. The fraction of sp³-hybridized carbons (Fsp3) is 0.529. The van der Waals surface area contributed by atoms with E-state index in [0.29, 0.717) is 5.41 Å². The van der Waals surface area contributed by atoms with Crippen molar-refractivity contribution in [3.63, 3.8) is 0 Å². The molecule has 1 aromatic carbocycles. The maximum atomic E-state index is 6.22. The van der Waals surface area contributed by atoms with E-state index in [2.05, 4.69) is 29.6 Å². The van der Waals surface area contributed by atoms with E-state index >= 15 is 0 Å². The third kappa shape index (κ3) is 1.77. The van der Waals surface area contributed by atoms with Crippen LogP contribution in [0.15, 0.2) is 29.6 Å². The Bertz CT molecular complexity index is 602. The number of benzene rings is 1. The standard InChI is InChI=1S/C17H21NS/c18-11-17(8-12-5-6-14(17)7-12)9-13-10-19-16-4-2-1-3-15(13)16/h1-4,10,12,14H,5-9,11,18H2. The van der Waals surface area contributed by atoms with E-state index in [1.165, 1.54) is 42.2 Å². The first-order chi connectivity index (χ1) is 9.31. The number of rotatable bonds is 3. The van der Waals surface area contributed by atoms with E-state index in [1.807, 2.05) is 11.3 Å². The fourth-order valence-electron chi connectivity index (χ4n) is 4.65. The molecule has 0 spiro atoms. The molecular formula is C17H21NS. The lowest BCUT2D eigenvalue weighted by Crippen LogP contribution is -2.37. The van der Waals surface area contributed by atoms with Gasteiger partial charge in [-0.2, -0.15) is 0 Å². The molecule has 3 unspecified atom stereocenters. The van der Waals surface area contributed by atoms with E-state index in [4.69, 9.17) is 5.73 Å². The molecule has 100 valence electrons. The molecule has 3 atom stereocenters. The predicted molar refractivity (Wildman–Crippen MR) is 82.5 cm³/mol. The van der Waals surface area contributed by atoms with E-state index in [-0.39, 0.29) is 0 Å². The van der Waals surface area contributed by atoms with Gasteiger partial charge in [0.25, 0.3) is 0 Å². The van der Waals surface area contributed by atoms with Gasteiger partial charge in [0.2, 0.25) is 0 Å². The largest absolute Gasteiger partial charge is 0.330 e. The maximum Gasteiger partial charge on any atom is 0.0345 e. The van der Waals surface area contributed by atoms with Gasteiger partial charge in [-0.1, -0.05) is 24.6 Å². The van der Waals surface area contributed by atoms with Crippen molar-refractivity contribution in [2.75, 3.05) is 6.54 Å². The SMILES string of the molecule is NCC1(Cc2csc3ccccc23)CC2CCC1C2. The molecule has 0 aliphatic heterocycles. The minimum atomic E-state index is 0.409. The second kappa shape index (κ2) is 4.32. The van der Waals surface area contributed by atoms with Crippen molar-refractivity contribution in [2.24, 2.45) is 23.0 Å². The molecule has 4 rings (SSSR count). The van der Waals surface area contributed by atoms with Crippen molar-refractivity contribution < 1.29 is 0 Å². The summed E-state index contributed by atoms with van der Waals surface area (Å²) in [6, 6.07) is 8.81. The van der Waals surface area contributed by atoms with Crippen LogP contribution in [0.2, 0.25) is 0 Å². The monoisotopic (exact) mass is 271 g/mol. The van der Waals surface area contributed by atoms with Gasteiger partial charge >= 0.3 is 0 Å². The van der Waals surface area contributed by atoms with Crippen molar-refractivity contribution in [2.45, 2.75) is 32.1 Å². The molecule has 2 aromatic rings. The summed E-state index contributed by atoms with van der Waals surface area (Å²) in [4.78, 5) is 0. The number of nitrogens with two attached hydrogens (primary N) is 1. The normalized spacial score (nSPS) is 33.3. The topological polar surface area (TPSA) is 26.0 Å². The van der Waals surface area contributed by atoms with Crippen LogP contribution < -0.4 is 5.73 Å². The molecule has 2 aliphatic carbocycles. The van der Waals surface area contributed by atoms with Gasteiger partial charge in [-0.05, 0) is 71.9 Å². The first kappa shape index (κ1) is 11.9. The summed E-state index contributed by atoms with van der Waals surface area (Å²) in [5.41, 5.74) is 8.17. The highest BCUT2D eigenvalue weighted by Crippen LogP contribution is 2.57. The third-order valence-corrected chi connectivity index (χ3v) is 6.62. The average molecular weight is 271 g/mol. The first-order valence-electron chi connectivity index (χ1n) is 7.46. The van der Waals surface area contributed by atoms with Gasteiger partial charge in [-0.15, -0.1) is 11.3 Å². The van der Waals surface area contributed by atoms with Crippen LogP contribution in [0.3, 0.4) is 0 Å². The van der Waals surface area contributed by atoms with Crippen LogP contribution in [0.4, 0.5) is 0 Å². The van der Waals surface area contributed by atoms with Crippen molar-refractivity contribution in [3.8, 4) is 0 Å². The summed E-state index contributed by atoms with van der Waals surface area (Å²) >= 11 is 1.89. The first-order valence-corrected chi connectivity index (χ1v) is 8.34. The highest BCUT2D eigenvalue weighted by molar-refractivity contribution is 7.17. The van der Waals surface area contributed by atoms with Crippen LogP contribution in [-0.4, -0.2) is 6.54 Å². The molecule has 1 heterocycles. The van der Waals surface area contributed by atoms with Gasteiger partial charge in [-0.25, -0.2) is 0 Å². The lowest BCUT2D eigenvalue weighted by molar-refractivity contribution is 0.172. The van der Waals surface area contributed by atoms with Crippen LogP contribution in [-0.2, 0) is 6.42 Å². The van der Waals surface area contributed by atoms with Crippen molar-refractivity contribution in [1.29, 1.82) is 0 Å². The zero-order valence-corrected chi connectivity index (χ0v) is 12.1. The van der Waals surface area contributed by atoms with Crippen LogP contribution in [0, 0.1) is 17.3 Å². The quantitative estimate of drug-likeness (QED) is 0.889. The number of hydrogen-bond acceptors (Lipinski definition) is 2. The Morgan fingerprint density at radius 3 is 2.89 bits per heavy atom. The Kier molecular flexibility index (Phi) is 2.71. The van der Waals surface area contributed by atoms with Crippen LogP contribution >= 0.6 is 11.3 Å². The van der Waals surface area contributed by atoms with E-state index < -0.39 is 0 Å². The molecule has 1 aromatic heterocycles. The Balaban J connectivity index is 1.70. The molecule has 2 fully saturated rings. The minimum absolute atomic E-state index is 0.409. The third-order valence-electron chi connectivity index (χ3n) is 5.61. The molecule has 2 saturated carbocycles. The molecule has 2 N–H and O–H groups in total. The minimum Gasteiger partial charge on any atom is -0.330 e. The highest BCUT2D eigenvalue weighted by atomic mass is 32.1. The van der Waals surface area contributed by atoms with Gasteiger partial charge in [0.1, 0.15) is 0 Å². The average Bonchev–Trinajstić information content (AvgIpc) is 3.14. The molecule has 0 amide bonds. The van der Waals surface area contributed by atoms with Crippen LogP contribution in [0.5, 0.6) is 0 Å². The van der Waals surface area contributed by atoms with Gasteiger partial charge in [0.15, 0.2) is 0 Å². The molecular weight excluding hydrogens is 250 g/mol. The zero-order chi connectivity index (χ0) is 12.9. The van der Waals surface area contributed by atoms with Gasteiger partial charge in [0.05, 0.1) is 0 Å². The zero-order valence-electron chi connectivity index (χ0n) is 11.3. The Morgan fingerprint density at radius 1 is 1.26 bits per heavy atom. The van der Waals surface area contributed by atoms with Crippen LogP contribution in [0.1, 0.15) is 31.2 Å². The van der Waals surface area contributed by atoms with Crippen LogP contribution in [0.25, 0.3) is 10.1 Å². The van der Waals surface area contributed by atoms with E-state index in [1.54, 1.807) is 5.56 Å². The molecule has 0 radical (unpaired) electrons. The summed E-state index contributed by atoms with van der Waals surface area (Å²) in [6.45, 7) is 0.873.